The molecule has 0 bridgehead atoms. The lowest BCUT2D eigenvalue weighted by atomic mass is 10.4. The number of likely N-dealkylation sites (N-methyl/N-ethyl adjacent to an activating group) is 1. The van der Waals surface area contributed by atoms with Gasteiger partial charge in [-0.1, -0.05) is 0 Å². The summed E-state index contributed by atoms with van der Waals surface area (Å²) >= 11 is 0. The molecule has 2 N–H and O–H groups in total. The molecule has 0 aromatic carbocycles. The van der Waals surface area contributed by atoms with Crippen LogP contribution in [0.15, 0.2) is 30.7 Å². The summed E-state index contributed by atoms with van der Waals surface area (Å²) in [6, 6.07) is 5.55. The van der Waals surface area contributed by atoms with Gasteiger partial charge in [0.15, 0.2) is 0 Å². The monoisotopic (exact) mass is 261 g/mol. The Morgan fingerprint density at radius 1 is 1.37 bits per heavy atom. The molecule has 7 heteroatoms. The second-order valence-electron chi connectivity index (χ2n) is 4.10. The number of carboxylic acids is 1. The number of hydrogen-bond donors (Lipinski definition) is 2. The molecule has 0 saturated carbocycles. The predicted molar refractivity (Wildman–Crippen MR) is 71.8 cm³/mol. The van der Waals surface area contributed by atoms with Gasteiger partial charge >= 0.3 is 5.97 Å². The largest absolute Gasteiger partial charge is 0.480 e. The fraction of sp³-hybridized carbons (Fsp3) is 0.250. The molecule has 19 heavy (non-hydrogen) atoms. The molecule has 0 aliphatic rings. The van der Waals surface area contributed by atoms with Gasteiger partial charge in [0.25, 0.3) is 0 Å². The van der Waals surface area contributed by atoms with E-state index in [-0.39, 0.29) is 6.54 Å². The molecule has 2 rings (SSSR count). The zero-order valence-corrected chi connectivity index (χ0v) is 10.7. The molecule has 0 aliphatic heterocycles. The second-order valence-corrected chi connectivity index (χ2v) is 4.10. The zero-order valence-electron chi connectivity index (χ0n) is 10.7. The van der Waals surface area contributed by atoms with Crippen LogP contribution in [0, 0.1) is 0 Å². The van der Waals surface area contributed by atoms with E-state index in [4.69, 9.17) is 5.11 Å². The Morgan fingerprint density at radius 2 is 2.11 bits per heavy atom. The van der Waals surface area contributed by atoms with Crippen molar-refractivity contribution in [1.82, 2.24) is 15.0 Å². The quantitative estimate of drug-likeness (QED) is 0.838. The molecule has 2 aromatic heterocycles. The number of nitrogens with zero attached hydrogens (tertiary/aromatic N) is 4. The molecular formula is C12H15N5O2. The van der Waals surface area contributed by atoms with Crippen LogP contribution < -0.4 is 9.80 Å². The highest BCUT2D eigenvalue weighted by molar-refractivity contribution is 5.73. The maximum Gasteiger partial charge on any atom is 0.323 e. The minimum Gasteiger partial charge on any atom is -0.480 e. The number of anilines is 3. The summed E-state index contributed by atoms with van der Waals surface area (Å²) in [5, 5.41) is 8.77. The molecule has 0 aliphatic carbocycles. The molecule has 100 valence electrons. The van der Waals surface area contributed by atoms with Gasteiger partial charge in [0.05, 0.1) is 0 Å². The normalized spacial score (nSPS) is 10.2. The highest BCUT2D eigenvalue weighted by Crippen LogP contribution is 2.21. The number of hydrogen-bond acceptors (Lipinski definition) is 5. The summed E-state index contributed by atoms with van der Waals surface area (Å²) < 4.78 is 0. The van der Waals surface area contributed by atoms with Crippen molar-refractivity contribution in [2.24, 2.45) is 0 Å². The molecule has 0 amide bonds. The summed E-state index contributed by atoms with van der Waals surface area (Å²) in [5.74, 6) is 1.24. The van der Waals surface area contributed by atoms with Gasteiger partial charge < -0.3 is 19.9 Å². The Kier molecular flexibility index (Phi) is 3.65. The smallest absolute Gasteiger partial charge is 0.323 e. The Bertz CT molecular complexity index is 555. The van der Waals surface area contributed by atoms with Crippen molar-refractivity contribution in [2.75, 3.05) is 30.4 Å². The third-order valence-electron chi connectivity index (χ3n) is 2.69. The van der Waals surface area contributed by atoms with E-state index in [1.54, 1.807) is 18.0 Å². The first kappa shape index (κ1) is 12.9. The first-order valence-electron chi connectivity index (χ1n) is 5.70. The lowest BCUT2D eigenvalue weighted by Gasteiger charge is -2.19. The minimum atomic E-state index is -0.902. The van der Waals surface area contributed by atoms with Crippen molar-refractivity contribution < 1.29 is 9.90 Å². The molecule has 0 fully saturated rings. The standard InChI is InChI=1S/C12H15N5O2/c1-16(7-12(18)19)10-6-11(15-8-14-10)17(2)9-4-3-5-13-9/h3-6,8,13H,7H2,1-2H3,(H,18,19). The highest BCUT2D eigenvalue weighted by atomic mass is 16.4. The van der Waals surface area contributed by atoms with Crippen molar-refractivity contribution in [1.29, 1.82) is 0 Å². The van der Waals surface area contributed by atoms with Crippen LogP contribution in [0.4, 0.5) is 17.5 Å². The van der Waals surface area contributed by atoms with Gasteiger partial charge in [-0.2, -0.15) is 0 Å². The number of carboxylic acid groups (broad SMARTS) is 1. The van der Waals surface area contributed by atoms with E-state index in [9.17, 15) is 4.79 Å². The number of H-pyrrole nitrogens is 1. The summed E-state index contributed by atoms with van der Waals surface area (Å²) in [6.07, 6.45) is 3.24. The van der Waals surface area contributed by atoms with Crippen LogP contribution >= 0.6 is 0 Å². The highest BCUT2D eigenvalue weighted by Gasteiger charge is 2.11. The Morgan fingerprint density at radius 3 is 2.74 bits per heavy atom. The van der Waals surface area contributed by atoms with Crippen molar-refractivity contribution in [3.8, 4) is 0 Å². The number of aromatic amines is 1. The van der Waals surface area contributed by atoms with Gasteiger partial charge in [0.1, 0.15) is 30.3 Å². The lowest BCUT2D eigenvalue weighted by molar-refractivity contribution is -0.135. The fourth-order valence-corrected chi connectivity index (χ4v) is 1.67. The van der Waals surface area contributed by atoms with Crippen LogP contribution in [0.3, 0.4) is 0 Å². The van der Waals surface area contributed by atoms with E-state index in [1.807, 2.05) is 30.3 Å². The van der Waals surface area contributed by atoms with E-state index in [2.05, 4.69) is 15.0 Å². The summed E-state index contributed by atoms with van der Waals surface area (Å²) in [5.41, 5.74) is 0. The molecule has 2 heterocycles. The number of nitrogens with one attached hydrogen (secondary N) is 1. The van der Waals surface area contributed by atoms with Crippen molar-refractivity contribution in [2.45, 2.75) is 0 Å². The summed E-state index contributed by atoms with van der Waals surface area (Å²) in [7, 11) is 3.55. The van der Waals surface area contributed by atoms with Crippen LogP contribution in [0.5, 0.6) is 0 Å². The topological polar surface area (TPSA) is 85.4 Å². The molecule has 0 spiro atoms. The van der Waals surface area contributed by atoms with Gasteiger partial charge in [-0.15, -0.1) is 0 Å². The van der Waals surface area contributed by atoms with E-state index in [1.165, 1.54) is 6.33 Å². The molecular weight excluding hydrogens is 246 g/mol. The maximum absolute atomic E-state index is 10.7. The van der Waals surface area contributed by atoms with Gasteiger partial charge in [0.2, 0.25) is 0 Å². The van der Waals surface area contributed by atoms with E-state index >= 15 is 0 Å². The SMILES string of the molecule is CN(CC(=O)O)c1cc(N(C)c2ccc[nH]2)ncn1. The van der Waals surface area contributed by atoms with Gasteiger partial charge in [-0.25, -0.2) is 9.97 Å². The van der Waals surface area contributed by atoms with Crippen LogP contribution in [0.1, 0.15) is 0 Å². The molecule has 2 aromatic rings. The molecule has 7 nitrogen and oxygen atoms in total. The van der Waals surface area contributed by atoms with Crippen molar-refractivity contribution in [3.63, 3.8) is 0 Å². The van der Waals surface area contributed by atoms with Crippen LogP contribution in [0.25, 0.3) is 0 Å². The lowest BCUT2D eigenvalue weighted by Crippen LogP contribution is -2.26. The molecule has 0 radical (unpaired) electrons. The average Bonchev–Trinajstić information content (AvgIpc) is 2.91. The van der Waals surface area contributed by atoms with Gasteiger partial charge in [-0.05, 0) is 12.1 Å². The molecule has 0 atom stereocenters. The zero-order chi connectivity index (χ0) is 13.8. The maximum atomic E-state index is 10.7. The van der Waals surface area contributed by atoms with Crippen LogP contribution in [-0.2, 0) is 4.79 Å². The molecule has 0 saturated heterocycles. The Labute approximate surface area is 110 Å². The van der Waals surface area contributed by atoms with Crippen LogP contribution in [0.2, 0.25) is 0 Å². The first-order chi connectivity index (χ1) is 9.08. The number of carbonyl (C=O) groups is 1. The average molecular weight is 261 g/mol. The Hall–Kier alpha value is -2.57. The molecule has 0 unspecified atom stereocenters. The van der Waals surface area contributed by atoms with Crippen molar-refractivity contribution >= 4 is 23.4 Å². The van der Waals surface area contributed by atoms with Gasteiger partial charge in [-0.3, -0.25) is 4.79 Å². The number of aromatic nitrogens is 3. The summed E-state index contributed by atoms with van der Waals surface area (Å²) in [4.78, 5) is 25.4. The first-order valence-corrected chi connectivity index (χ1v) is 5.70. The third kappa shape index (κ3) is 3.01. The Balaban J connectivity index is 2.21. The van der Waals surface area contributed by atoms with E-state index in [0.29, 0.717) is 11.6 Å². The van der Waals surface area contributed by atoms with E-state index < -0.39 is 5.97 Å². The predicted octanol–water partition coefficient (Wildman–Crippen LogP) is 1.09. The fourth-order valence-electron chi connectivity index (χ4n) is 1.67. The van der Waals surface area contributed by atoms with Crippen molar-refractivity contribution in [3.05, 3.63) is 30.7 Å². The van der Waals surface area contributed by atoms with Crippen LogP contribution in [-0.4, -0.2) is 46.7 Å². The summed E-state index contributed by atoms with van der Waals surface area (Å²) in [6.45, 7) is -0.108. The van der Waals surface area contributed by atoms with E-state index in [0.717, 1.165) is 5.82 Å². The minimum absolute atomic E-state index is 0.108. The number of aliphatic carboxylic acids is 1. The second kappa shape index (κ2) is 5.38. The number of rotatable bonds is 5. The third-order valence-corrected chi connectivity index (χ3v) is 2.69. The van der Waals surface area contributed by atoms with Gasteiger partial charge in [0, 0.05) is 26.4 Å².